The Balaban J connectivity index is 2.19. The van der Waals surface area contributed by atoms with Crippen molar-refractivity contribution < 1.29 is 20.1 Å². The van der Waals surface area contributed by atoms with Crippen LogP contribution in [0.1, 0.15) is 11.9 Å². The largest absolute Gasteiger partial charge is 0.394 e. The van der Waals surface area contributed by atoms with E-state index in [4.69, 9.17) is 9.84 Å². The molecular weight excluding hydrogens is 202 g/mol. The molecule has 1 aromatic rings. The van der Waals surface area contributed by atoms with Crippen LogP contribution in [-0.2, 0) is 4.74 Å². The minimum Gasteiger partial charge on any atom is -0.394 e. The maximum Gasteiger partial charge on any atom is 0.182 e. The molecule has 1 saturated heterocycles. The molecule has 2 heterocycles. The van der Waals surface area contributed by atoms with Gasteiger partial charge in [0.1, 0.15) is 24.4 Å². The first-order valence-electron chi connectivity index (χ1n) is 4.50. The molecule has 1 unspecified atom stereocenters. The van der Waals surface area contributed by atoms with Crippen molar-refractivity contribution in [3.8, 4) is 0 Å². The zero-order valence-electron chi connectivity index (χ0n) is 7.76. The Labute approximate surface area is 85.4 Å². The molecule has 4 atom stereocenters. The van der Waals surface area contributed by atoms with E-state index in [1.54, 1.807) is 0 Å². The lowest BCUT2D eigenvalue weighted by atomic mass is 10.1. The van der Waals surface area contributed by atoms with Gasteiger partial charge in [-0.3, -0.25) is 0 Å². The molecule has 0 aliphatic carbocycles. The molecule has 0 saturated carbocycles. The van der Waals surface area contributed by atoms with Crippen molar-refractivity contribution in [2.45, 2.75) is 24.4 Å². The molecule has 1 aromatic heterocycles. The first kappa shape index (κ1) is 10.4. The van der Waals surface area contributed by atoms with Crippen LogP contribution in [0.15, 0.2) is 12.4 Å². The molecule has 0 aromatic carbocycles. The Morgan fingerprint density at radius 1 is 1.27 bits per heavy atom. The van der Waals surface area contributed by atoms with Gasteiger partial charge in [-0.05, 0) is 0 Å². The summed E-state index contributed by atoms with van der Waals surface area (Å²) < 4.78 is 5.21. The van der Waals surface area contributed by atoms with Gasteiger partial charge in [-0.2, -0.15) is 5.10 Å². The number of rotatable bonds is 2. The fourth-order valence-corrected chi connectivity index (χ4v) is 1.50. The van der Waals surface area contributed by atoms with Crippen LogP contribution >= 0.6 is 0 Å². The van der Waals surface area contributed by atoms with Crippen molar-refractivity contribution in [1.29, 1.82) is 0 Å². The molecule has 0 bridgehead atoms. The van der Waals surface area contributed by atoms with E-state index in [-0.39, 0.29) is 12.4 Å². The van der Waals surface area contributed by atoms with E-state index in [0.717, 1.165) is 0 Å². The standard InChI is InChI=1S/C8H11N3O4/c12-3-4-5(13)6(14)7(15-4)8-9-1-2-10-11-8/h1-2,4-7,12-14H,3H2/t4-,5-,6-,7?/m1/s1. The van der Waals surface area contributed by atoms with Crippen molar-refractivity contribution in [2.75, 3.05) is 6.61 Å². The summed E-state index contributed by atoms with van der Waals surface area (Å²) in [7, 11) is 0. The molecule has 0 spiro atoms. The van der Waals surface area contributed by atoms with E-state index >= 15 is 0 Å². The van der Waals surface area contributed by atoms with Gasteiger partial charge >= 0.3 is 0 Å². The first-order chi connectivity index (χ1) is 7.24. The molecule has 7 heteroatoms. The summed E-state index contributed by atoms with van der Waals surface area (Å²) in [6.45, 7) is -0.366. The van der Waals surface area contributed by atoms with E-state index in [1.807, 2.05) is 0 Å². The summed E-state index contributed by atoms with van der Waals surface area (Å²) >= 11 is 0. The number of nitrogens with zero attached hydrogens (tertiary/aromatic N) is 3. The van der Waals surface area contributed by atoms with Crippen molar-refractivity contribution in [1.82, 2.24) is 15.2 Å². The van der Waals surface area contributed by atoms with Crippen LogP contribution in [0.3, 0.4) is 0 Å². The van der Waals surface area contributed by atoms with Gasteiger partial charge in [-0.15, -0.1) is 5.10 Å². The number of aliphatic hydroxyl groups excluding tert-OH is 3. The molecule has 1 aliphatic heterocycles. The number of aliphatic hydroxyl groups is 3. The summed E-state index contributed by atoms with van der Waals surface area (Å²) in [6, 6.07) is 0. The van der Waals surface area contributed by atoms with Crippen molar-refractivity contribution in [3.05, 3.63) is 18.2 Å². The number of ether oxygens (including phenoxy) is 1. The molecule has 7 nitrogen and oxygen atoms in total. The molecule has 2 rings (SSSR count). The highest BCUT2D eigenvalue weighted by Crippen LogP contribution is 2.30. The fraction of sp³-hybridized carbons (Fsp3) is 0.625. The molecule has 1 aliphatic rings. The Kier molecular flexibility index (Phi) is 2.87. The lowest BCUT2D eigenvalue weighted by Crippen LogP contribution is -2.32. The van der Waals surface area contributed by atoms with Gasteiger partial charge in [0.2, 0.25) is 0 Å². The average Bonchev–Trinajstić information content (AvgIpc) is 2.57. The quantitative estimate of drug-likeness (QED) is 0.522. The minimum absolute atomic E-state index is 0.194. The second kappa shape index (κ2) is 4.15. The fourth-order valence-electron chi connectivity index (χ4n) is 1.50. The van der Waals surface area contributed by atoms with Crippen LogP contribution in [0.2, 0.25) is 0 Å². The zero-order valence-corrected chi connectivity index (χ0v) is 7.76. The summed E-state index contributed by atoms with van der Waals surface area (Å²) in [5, 5.41) is 35.2. The Hall–Kier alpha value is -1.15. The third-order valence-electron chi connectivity index (χ3n) is 2.30. The van der Waals surface area contributed by atoms with Crippen molar-refractivity contribution in [2.24, 2.45) is 0 Å². The van der Waals surface area contributed by atoms with Gasteiger partial charge in [0.15, 0.2) is 5.82 Å². The maximum absolute atomic E-state index is 9.62. The average molecular weight is 213 g/mol. The molecule has 1 fully saturated rings. The monoisotopic (exact) mass is 213 g/mol. The Bertz CT molecular complexity index is 323. The van der Waals surface area contributed by atoms with Gasteiger partial charge in [0.05, 0.1) is 12.8 Å². The van der Waals surface area contributed by atoms with Gasteiger partial charge in [-0.1, -0.05) is 0 Å². The smallest absolute Gasteiger partial charge is 0.182 e. The molecule has 0 radical (unpaired) electrons. The summed E-state index contributed by atoms with van der Waals surface area (Å²) in [5.74, 6) is 0.194. The third kappa shape index (κ3) is 1.82. The predicted octanol–water partition coefficient (Wildman–Crippen LogP) is -1.97. The molecule has 3 N–H and O–H groups in total. The van der Waals surface area contributed by atoms with Gasteiger partial charge in [0, 0.05) is 6.20 Å². The van der Waals surface area contributed by atoms with E-state index in [2.05, 4.69) is 15.2 Å². The second-order valence-electron chi connectivity index (χ2n) is 3.26. The molecule has 82 valence electrons. The van der Waals surface area contributed by atoms with Gasteiger partial charge in [-0.25, -0.2) is 4.98 Å². The van der Waals surface area contributed by atoms with Crippen LogP contribution in [-0.4, -0.2) is 55.4 Å². The topological polar surface area (TPSA) is 109 Å². The van der Waals surface area contributed by atoms with Crippen LogP contribution < -0.4 is 0 Å². The Morgan fingerprint density at radius 2 is 2.07 bits per heavy atom. The van der Waals surface area contributed by atoms with E-state index in [1.165, 1.54) is 12.4 Å². The lowest BCUT2D eigenvalue weighted by molar-refractivity contribution is -0.0255. The van der Waals surface area contributed by atoms with Crippen molar-refractivity contribution >= 4 is 0 Å². The first-order valence-corrected chi connectivity index (χ1v) is 4.50. The van der Waals surface area contributed by atoms with Crippen LogP contribution in [0.25, 0.3) is 0 Å². The predicted molar refractivity (Wildman–Crippen MR) is 46.5 cm³/mol. The van der Waals surface area contributed by atoms with Gasteiger partial charge < -0.3 is 20.1 Å². The van der Waals surface area contributed by atoms with Crippen LogP contribution in [0.4, 0.5) is 0 Å². The lowest BCUT2D eigenvalue weighted by Gasteiger charge is -2.11. The van der Waals surface area contributed by atoms with Gasteiger partial charge in [0.25, 0.3) is 0 Å². The number of aromatic nitrogens is 3. The van der Waals surface area contributed by atoms with Crippen LogP contribution in [0, 0.1) is 0 Å². The van der Waals surface area contributed by atoms with E-state index in [0.29, 0.717) is 0 Å². The normalized spacial score (nSPS) is 35.7. The number of hydrogen-bond acceptors (Lipinski definition) is 7. The van der Waals surface area contributed by atoms with E-state index in [9.17, 15) is 10.2 Å². The molecular formula is C8H11N3O4. The maximum atomic E-state index is 9.62. The zero-order chi connectivity index (χ0) is 10.8. The highest BCUT2D eigenvalue weighted by atomic mass is 16.6. The summed E-state index contributed by atoms with van der Waals surface area (Å²) in [6.07, 6.45) is -1.13. The SMILES string of the molecule is OC[C@H]1OC(c2nccnn2)[C@H](O)[C@@H]1O. The van der Waals surface area contributed by atoms with E-state index < -0.39 is 24.4 Å². The van der Waals surface area contributed by atoms with Crippen LogP contribution in [0.5, 0.6) is 0 Å². The summed E-state index contributed by atoms with van der Waals surface area (Å²) in [4.78, 5) is 3.86. The third-order valence-corrected chi connectivity index (χ3v) is 2.30. The molecule has 0 amide bonds. The summed E-state index contributed by atoms with van der Waals surface area (Å²) in [5.41, 5.74) is 0. The second-order valence-corrected chi connectivity index (χ2v) is 3.26. The number of hydrogen-bond donors (Lipinski definition) is 3. The molecule has 15 heavy (non-hydrogen) atoms. The highest BCUT2D eigenvalue weighted by molar-refractivity contribution is 5.00. The minimum atomic E-state index is -1.15. The van der Waals surface area contributed by atoms with Crippen molar-refractivity contribution in [3.63, 3.8) is 0 Å². The Morgan fingerprint density at radius 3 is 2.60 bits per heavy atom. The highest BCUT2D eigenvalue weighted by Gasteiger charge is 2.44.